The second kappa shape index (κ2) is 8.84. The minimum absolute atomic E-state index is 0.0180. The molecule has 0 radical (unpaired) electrons. The van der Waals surface area contributed by atoms with Gasteiger partial charge in [0.1, 0.15) is 6.04 Å². The number of carbonyl (C=O) groups is 2. The molecule has 0 bridgehead atoms. The van der Waals surface area contributed by atoms with Gasteiger partial charge in [-0.1, -0.05) is 29.8 Å². The summed E-state index contributed by atoms with van der Waals surface area (Å²) in [6.45, 7) is 3.97. The molecule has 0 aliphatic carbocycles. The molecule has 2 heterocycles. The van der Waals surface area contributed by atoms with Gasteiger partial charge in [0.25, 0.3) is 0 Å². The molecule has 2 aliphatic rings. The van der Waals surface area contributed by atoms with Crippen molar-refractivity contribution < 1.29 is 18.0 Å². The van der Waals surface area contributed by atoms with Crippen LogP contribution in [0.15, 0.2) is 47.4 Å². The van der Waals surface area contributed by atoms with Crippen LogP contribution in [0.5, 0.6) is 0 Å². The van der Waals surface area contributed by atoms with Crippen molar-refractivity contribution in [2.45, 2.75) is 56.6 Å². The van der Waals surface area contributed by atoms with E-state index in [0.717, 1.165) is 16.8 Å². The number of amides is 2. The van der Waals surface area contributed by atoms with Gasteiger partial charge in [-0.2, -0.15) is 4.31 Å². The number of fused-ring (bicyclic) bond motifs is 1. The van der Waals surface area contributed by atoms with E-state index in [2.05, 4.69) is 5.32 Å². The molecule has 1 N–H and O–H groups in total. The SMILES string of the molecule is CC(=O)N1c2ccc(S(=O)(=O)N3CCC[C@H]3C(=O)NCc3ccccc3Cl)cc2C[C@@H]1C. The molecule has 9 heteroatoms. The van der Waals surface area contributed by atoms with E-state index in [9.17, 15) is 18.0 Å². The maximum atomic E-state index is 13.4. The van der Waals surface area contributed by atoms with Crippen LogP contribution in [0.4, 0.5) is 5.69 Å². The van der Waals surface area contributed by atoms with E-state index in [1.54, 1.807) is 23.1 Å². The molecular formula is C23H26ClN3O4S. The zero-order valence-electron chi connectivity index (χ0n) is 18.0. The molecule has 4 rings (SSSR count). The van der Waals surface area contributed by atoms with Gasteiger partial charge in [0.15, 0.2) is 0 Å². The van der Waals surface area contributed by atoms with E-state index in [4.69, 9.17) is 11.6 Å². The lowest BCUT2D eigenvalue weighted by Gasteiger charge is -2.24. The van der Waals surface area contributed by atoms with Crippen LogP contribution in [0.1, 0.15) is 37.8 Å². The quantitative estimate of drug-likeness (QED) is 0.719. The predicted octanol–water partition coefficient (Wildman–Crippen LogP) is 3.11. The second-order valence-corrected chi connectivity index (χ2v) is 10.6. The normalized spacial score (nSPS) is 20.9. The Hall–Kier alpha value is -2.42. The summed E-state index contributed by atoms with van der Waals surface area (Å²) in [6, 6.07) is 11.3. The summed E-state index contributed by atoms with van der Waals surface area (Å²) in [5.74, 6) is -0.398. The van der Waals surface area contributed by atoms with Gasteiger partial charge in [0.05, 0.1) is 4.90 Å². The molecule has 0 aromatic heterocycles. The molecule has 2 atom stereocenters. The molecule has 0 spiro atoms. The topological polar surface area (TPSA) is 86.8 Å². The van der Waals surface area contributed by atoms with E-state index >= 15 is 0 Å². The van der Waals surface area contributed by atoms with Gasteiger partial charge < -0.3 is 10.2 Å². The smallest absolute Gasteiger partial charge is 0.243 e. The van der Waals surface area contributed by atoms with Gasteiger partial charge in [0.2, 0.25) is 21.8 Å². The van der Waals surface area contributed by atoms with Crippen molar-refractivity contribution in [3.63, 3.8) is 0 Å². The molecule has 7 nitrogen and oxygen atoms in total. The molecule has 32 heavy (non-hydrogen) atoms. The van der Waals surface area contributed by atoms with Gasteiger partial charge in [-0.05, 0) is 61.6 Å². The van der Waals surface area contributed by atoms with E-state index in [1.165, 1.54) is 17.3 Å². The molecule has 1 saturated heterocycles. The zero-order chi connectivity index (χ0) is 23.0. The Kier molecular flexibility index (Phi) is 6.29. The molecule has 0 unspecified atom stereocenters. The summed E-state index contributed by atoms with van der Waals surface area (Å²) in [6.07, 6.45) is 1.68. The third kappa shape index (κ3) is 4.14. The lowest BCUT2D eigenvalue weighted by Crippen LogP contribution is -2.45. The average Bonchev–Trinajstić information content (AvgIpc) is 3.36. The highest BCUT2D eigenvalue weighted by atomic mass is 35.5. The third-order valence-electron chi connectivity index (χ3n) is 6.13. The maximum Gasteiger partial charge on any atom is 0.243 e. The Balaban J connectivity index is 1.53. The fraction of sp³-hybridized carbons (Fsp3) is 0.391. The van der Waals surface area contributed by atoms with E-state index < -0.39 is 16.1 Å². The number of sulfonamides is 1. The van der Waals surface area contributed by atoms with Gasteiger partial charge in [-0.3, -0.25) is 9.59 Å². The van der Waals surface area contributed by atoms with Crippen LogP contribution in [0.3, 0.4) is 0 Å². The van der Waals surface area contributed by atoms with Crippen molar-refractivity contribution in [2.24, 2.45) is 0 Å². The lowest BCUT2D eigenvalue weighted by atomic mass is 10.1. The van der Waals surface area contributed by atoms with Crippen LogP contribution >= 0.6 is 11.6 Å². The van der Waals surface area contributed by atoms with Gasteiger partial charge in [0, 0.05) is 36.8 Å². The Bertz CT molecular complexity index is 1170. The molecular weight excluding hydrogens is 450 g/mol. The minimum atomic E-state index is -3.86. The molecule has 2 aliphatic heterocycles. The zero-order valence-corrected chi connectivity index (χ0v) is 19.6. The fourth-order valence-corrected chi connectivity index (χ4v) is 6.53. The van der Waals surface area contributed by atoms with Crippen LogP contribution in [0, 0.1) is 0 Å². The third-order valence-corrected chi connectivity index (χ3v) is 8.40. The first-order valence-electron chi connectivity index (χ1n) is 10.7. The summed E-state index contributed by atoms with van der Waals surface area (Å²) < 4.78 is 28.1. The monoisotopic (exact) mass is 475 g/mol. The van der Waals surface area contributed by atoms with Gasteiger partial charge >= 0.3 is 0 Å². The Morgan fingerprint density at radius 3 is 2.66 bits per heavy atom. The number of halogens is 1. The molecule has 2 aromatic carbocycles. The summed E-state index contributed by atoms with van der Waals surface area (Å²) in [5.41, 5.74) is 2.35. The summed E-state index contributed by atoms with van der Waals surface area (Å²) >= 11 is 6.15. The van der Waals surface area contributed by atoms with Crippen LogP contribution in [-0.2, 0) is 32.6 Å². The first-order chi connectivity index (χ1) is 15.2. The van der Waals surface area contributed by atoms with Crippen LogP contribution in [0.25, 0.3) is 0 Å². The van der Waals surface area contributed by atoms with Crippen molar-refractivity contribution in [2.75, 3.05) is 11.4 Å². The number of hydrogen-bond acceptors (Lipinski definition) is 4. The first kappa shape index (κ1) is 22.8. The minimum Gasteiger partial charge on any atom is -0.351 e. The van der Waals surface area contributed by atoms with Crippen molar-refractivity contribution in [1.29, 1.82) is 0 Å². The molecule has 2 amide bonds. The van der Waals surface area contributed by atoms with E-state index in [1.807, 2.05) is 25.1 Å². The number of nitrogens with one attached hydrogen (secondary N) is 1. The molecule has 2 aromatic rings. The van der Waals surface area contributed by atoms with Crippen molar-refractivity contribution >= 4 is 39.1 Å². The maximum absolute atomic E-state index is 13.4. The number of carbonyl (C=O) groups excluding carboxylic acids is 2. The molecule has 170 valence electrons. The van der Waals surface area contributed by atoms with Crippen LogP contribution in [0.2, 0.25) is 5.02 Å². The summed E-state index contributed by atoms with van der Waals surface area (Å²) in [7, 11) is -3.86. The van der Waals surface area contributed by atoms with Gasteiger partial charge in [-0.15, -0.1) is 0 Å². The number of rotatable bonds is 5. The van der Waals surface area contributed by atoms with Crippen molar-refractivity contribution in [3.05, 3.63) is 58.6 Å². The largest absolute Gasteiger partial charge is 0.351 e. The second-order valence-electron chi connectivity index (χ2n) is 8.32. The molecule has 1 fully saturated rings. The Morgan fingerprint density at radius 2 is 1.94 bits per heavy atom. The standard InChI is InChI=1S/C23H26ClN3O4S/c1-15-12-18-13-19(9-10-21(18)27(15)16(2)28)32(30,31)26-11-5-8-22(26)23(29)25-14-17-6-3-4-7-20(17)24/h3-4,6-7,9-10,13,15,22H,5,8,11-12,14H2,1-2H3,(H,25,29)/t15-,22-/m0/s1. The number of hydrogen-bond donors (Lipinski definition) is 1. The average molecular weight is 476 g/mol. The van der Waals surface area contributed by atoms with Crippen LogP contribution < -0.4 is 10.2 Å². The Morgan fingerprint density at radius 1 is 1.19 bits per heavy atom. The predicted molar refractivity (Wildman–Crippen MR) is 123 cm³/mol. The summed E-state index contributed by atoms with van der Waals surface area (Å²) in [4.78, 5) is 26.7. The van der Waals surface area contributed by atoms with Crippen molar-refractivity contribution in [1.82, 2.24) is 9.62 Å². The van der Waals surface area contributed by atoms with Gasteiger partial charge in [-0.25, -0.2) is 8.42 Å². The highest BCUT2D eigenvalue weighted by Gasteiger charge is 2.40. The van der Waals surface area contributed by atoms with Crippen molar-refractivity contribution in [3.8, 4) is 0 Å². The molecule has 0 saturated carbocycles. The number of benzene rings is 2. The number of anilines is 1. The number of nitrogens with zero attached hydrogens (tertiary/aromatic N) is 2. The fourth-order valence-electron chi connectivity index (χ4n) is 4.61. The van der Waals surface area contributed by atoms with E-state index in [-0.39, 0.29) is 29.3 Å². The summed E-state index contributed by atoms with van der Waals surface area (Å²) in [5, 5.41) is 3.38. The van der Waals surface area contributed by atoms with E-state index in [0.29, 0.717) is 30.8 Å². The Labute approximate surface area is 193 Å². The first-order valence-corrected chi connectivity index (χ1v) is 12.5. The highest BCUT2D eigenvalue weighted by Crippen LogP contribution is 2.35. The van der Waals surface area contributed by atoms with Crippen LogP contribution in [-0.4, -0.2) is 43.2 Å². The lowest BCUT2D eigenvalue weighted by molar-refractivity contribution is -0.124. The highest BCUT2D eigenvalue weighted by molar-refractivity contribution is 7.89.